The van der Waals surface area contributed by atoms with Crippen molar-refractivity contribution in [3.63, 3.8) is 0 Å². The number of halogens is 2. The first-order valence-corrected chi connectivity index (χ1v) is 5.66. The van der Waals surface area contributed by atoms with Crippen LogP contribution in [0.25, 0.3) is 0 Å². The van der Waals surface area contributed by atoms with Crippen LogP contribution in [0, 0.1) is 0 Å². The Labute approximate surface area is 116 Å². The maximum absolute atomic E-state index is 11.0. The fourth-order valence-electron chi connectivity index (χ4n) is 2.09. The molecule has 17 heavy (non-hydrogen) atoms. The summed E-state index contributed by atoms with van der Waals surface area (Å²) in [5.41, 5.74) is 5.85. The highest BCUT2D eigenvalue weighted by molar-refractivity contribution is 5.85. The van der Waals surface area contributed by atoms with Crippen molar-refractivity contribution >= 4 is 30.8 Å². The Hall–Kier alpha value is -0.0300. The van der Waals surface area contributed by atoms with Crippen LogP contribution in [0.15, 0.2) is 0 Å². The Kier molecular flexibility index (Phi) is 11.3. The average molecular weight is 287 g/mol. The molecule has 2 N–H and O–H groups in total. The molecule has 1 aliphatic carbocycles. The minimum Gasteiger partial charge on any atom is -0.469 e. The molecule has 0 aliphatic heterocycles. The van der Waals surface area contributed by atoms with Gasteiger partial charge in [0.15, 0.2) is 0 Å². The third kappa shape index (κ3) is 7.09. The Morgan fingerprint density at radius 3 is 2.29 bits per heavy atom. The van der Waals surface area contributed by atoms with Gasteiger partial charge in [0.1, 0.15) is 0 Å². The summed E-state index contributed by atoms with van der Waals surface area (Å²) >= 11 is 0. The van der Waals surface area contributed by atoms with Gasteiger partial charge in [-0.25, -0.2) is 0 Å². The lowest BCUT2D eigenvalue weighted by molar-refractivity contribution is -0.141. The number of esters is 1. The van der Waals surface area contributed by atoms with Crippen LogP contribution in [0.3, 0.4) is 0 Å². The van der Waals surface area contributed by atoms with E-state index < -0.39 is 0 Å². The van der Waals surface area contributed by atoms with Crippen LogP contribution in [-0.2, 0) is 9.53 Å². The van der Waals surface area contributed by atoms with Crippen molar-refractivity contribution in [2.24, 2.45) is 5.73 Å². The summed E-state index contributed by atoms with van der Waals surface area (Å²) in [7, 11) is 3.51. The van der Waals surface area contributed by atoms with Crippen molar-refractivity contribution in [3.8, 4) is 0 Å². The van der Waals surface area contributed by atoms with E-state index in [0.717, 1.165) is 32.2 Å². The van der Waals surface area contributed by atoms with E-state index >= 15 is 0 Å². The van der Waals surface area contributed by atoms with E-state index in [0.29, 0.717) is 18.5 Å². The molecule has 0 bridgehead atoms. The highest BCUT2D eigenvalue weighted by atomic mass is 35.5. The van der Waals surface area contributed by atoms with E-state index in [2.05, 4.69) is 16.7 Å². The van der Waals surface area contributed by atoms with Gasteiger partial charge < -0.3 is 15.4 Å². The van der Waals surface area contributed by atoms with Gasteiger partial charge in [-0.3, -0.25) is 4.79 Å². The molecule has 0 aromatic rings. The summed E-state index contributed by atoms with van der Waals surface area (Å²) in [5, 5.41) is 0. The Morgan fingerprint density at radius 2 is 1.82 bits per heavy atom. The van der Waals surface area contributed by atoms with Crippen molar-refractivity contribution in [3.05, 3.63) is 0 Å². The normalized spacial score (nSPS) is 23.5. The predicted octanol–water partition coefficient (Wildman–Crippen LogP) is 1.59. The number of methoxy groups -OCH3 is 1. The molecule has 0 atom stereocenters. The lowest BCUT2D eigenvalue weighted by Gasteiger charge is -2.33. The average Bonchev–Trinajstić information content (AvgIpc) is 2.26. The Bertz CT molecular complexity index is 210. The van der Waals surface area contributed by atoms with Crippen LogP contribution in [-0.4, -0.2) is 43.7 Å². The third-order valence-electron chi connectivity index (χ3n) is 3.26. The van der Waals surface area contributed by atoms with Gasteiger partial charge in [-0.2, -0.15) is 0 Å². The molecule has 0 aromatic heterocycles. The summed E-state index contributed by atoms with van der Waals surface area (Å²) in [6.45, 7) is 0.784. The van der Waals surface area contributed by atoms with Crippen molar-refractivity contribution in [1.29, 1.82) is 0 Å². The van der Waals surface area contributed by atoms with Crippen LogP contribution in [0.2, 0.25) is 0 Å². The number of hydrogen-bond donors (Lipinski definition) is 1. The quantitative estimate of drug-likeness (QED) is 0.798. The lowest BCUT2D eigenvalue weighted by atomic mass is 9.91. The van der Waals surface area contributed by atoms with Crippen molar-refractivity contribution < 1.29 is 9.53 Å². The van der Waals surface area contributed by atoms with E-state index in [1.54, 1.807) is 0 Å². The molecule has 1 saturated carbocycles. The maximum Gasteiger partial charge on any atom is 0.306 e. The van der Waals surface area contributed by atoms with E-state index in [1.807, 2.05) is 0 Å². The molecular weight excluding hydrogens is 263 g/mol. The monoisotopic (exact) mass is 286 g/mol. The standard InChI is InChI=1S/C11H22N2O2.2ClH/c1-13(8-7-11(14)15-2)10-5-3-9(12)4-6-10;;/h9-10H,3-8,12H2,1-2H3;2*1H/t9-,10-;;. The topological polar surface area (TPSA) is 55.6 Å². The lowest BCUT2D eigenvalue weighted by Crippen LogP contribution is -2.39. The van der Waals surface area contributed by atoms with Crippen LogP contribution in [0.4, 0.5) is 0 Å². The van der Waals surface area contributed by atoms with E-state index in [1.165, 1.54) is 7.11 Å². The van der Waals surface area contributed by atoms with Gasteiger partial charge in [0.2, 0.25) is 0 Å². The third-order valence-corrected chi connectivity index (χ3v) is 3.26. The first-order chi connectivity index (χ1) is 7.13. The fraction of sp³-hybridized carbons (Fsp3) is 0.909. The van der Waals surface area contributed by atoms with Crippen LogP contribution in [0.1, 0.15) is 32.1 Å². The molecule has 1 aliphatic rings. The second kappa shape index (κ2) is 9.95. The van der Waals surface area contributed by atoms with Gasteiger partial charge in [0.05, 0.1) is 13.5 Å². The smallest absolute Gasteiger partial charge is 0.306 e. The van der Waals surface area contributed by atoms with E-state index in [4.69, 9.17) is 5.73 Å². The summed E-state index contributed by atoms with van der Waals surface area (Å²) in [4.78, 5) is 13.2. The zero-order valence-electron chi connectivity index (χ0n) is 10.6. The minimum atomic E-state index is -0.130. The molecular formula is C11H24Cl2N2O2. The second-order valence-electron chi connectivity index (χ2n) is 4.38. The van der Waals surface area contributed by atoms with Crippen molar-refractivity contribution in [2.75, 3.05) is 20.7 Å². The molecule has 1 rings (SSSR count). The van der Waals surface area contributed by atoms with Gasteiger partial charge in [-0.1, -0.05) is 0 Å². The molecule has 0 amide bonds. The molecule has 0 radical (unpaired) electrons. The number of carbonyl (C=O) groups is 1. The fourth-order valence-corrected chi connectivity index (χ4v) is 2.09. The van der Waals surface area contributed by atoms with E-state index in [9.17, 15) is 4.79 Å². The van der Waals surface area contributed by atoms with Gasteiger partial charge in [0, 0.05) is 18.6 Å². The molecule has 104 valence electrons. The summed E-state index contributed by atoms with van der Waals surface area (Å²) < 4.78 is 4.62. The van der Waals surface area contributed by atoms with Crippen molar-refractivity contribution in [2.45, 2.75) is 44.2 Å². The second-order valence-corrected chi connectivity index (χ2v) is 4.38. The number of rotatable bonds is 4. The minimum absolute atomic E-state index is 0. The number of nitrogens with zero attached hydrogens (tertiary/aromatic N) is 1. The summed E-state index contributed by atoms with van der Waals surface area (Å²) in [6.07, 6.45) is 4.99. The van der Waals surface area contributed by atoms with Gasteiger partial charge >= 0.3 is 5.97 Å². The zero-order valence-corrected chi connectivity index (χ0v) is 12.2. The van der Waals surface area contributed by atoms with Crippen molar-refractivity contribution in [1.82, 2.24) is 4.90 Å². The molecule has 4 nitrogen and oxygen atoms in total. The first-order valence-electron chi connectivity index (χ1n) is 5.66. The highest BCUT2D eigenvalue weighted by Crippen LogP contribution is 2.21. The number of carbonyl (C=O) groups excluding carboxylic acids is 1. The van der Waals surface area contributed by atoms with Crippen LogP contribution >= 0.6 is 24.8 Å². The Morgan fingerprint density at radius 1 is 1.29 bits per heavy atom. The zero-order chi connectivity index (χ0) is 11.3. The largest absolute Gasteiger partial charge is 0.469 e. The van der Waals surface area contributed by atoms with Crippen LogP contribution < -0.4 is 5.73 Å². The van der Waals surface area contributed by atoms with Gasteiger partial charge in [0.25, 0.3) is 0 Å². The molecule has 0 saturated heterocycles. The molecule has 0 heterocycles. The maximum atomic E-state index is 11.0. The highest BCUT2D eigenvalue weighted by Gasteiger charge is 2.21. The van der Waals surface area contributed by atoms with Gasteiger partial charge in [-0.15, -0.1) is 24.8 Å². The Balaban J connectivity index is 0. The first kappa shape index (κ1) is 19.3. The molecule has 0 aromatic carbocycles. The molecule has 0 unspecified atom stereocenters. The summed E-state index contributed by atoms with van der Waals surface area (Å²) in [5.74, 6) is -0.130. The SMILES string of the molecule is COC(=O)CCN(C)[C@H]1CC[C@H](N)CC1.Cl.Cl. The number of nitrogens with two attached hydrogens (primary N) is 1. The van der Waals surface area contributed by atoms with Crippen LogP contribution in [0.5, 0.6) is 0 Å². The summed E-state index contributed by atoms with van der Waals surface area (Å²) in [6, 6.07) is 0.977. The van der Waals surface area contributed by atoms with E-state index in [-0.39, 0.29) is 30.8 Å². The molecule has 1 fully saturated rings. The van der Waals surface area contributed by atoms with Gasteiger partial charge in [-0.05, 0) is 32.7 Å². The molecule has 6 heteroatoms. The molecule has 0 spiro atoms. The number of ether oxygens (including phenoxy) is 1. The number of hydrogen-bond acceptors (Lipinski definition) is 4. The predicted molar refractivity (Wildman–Crippen MR) is 74.0 cm³/mol.